The fourth-order valence-corrected chi connectivity index (χ4v) is 4.63. The second-order valence-corrected chi connectivity index (χ2v) is 8.64. The molecule has 1 aromatic heterocycles. The largest absolute Gasteiger partial charge is 0.490 e. The Morgan fingerprint density at radius 1 is 1.24 bits per heavy atom. The summed E-state index contributed by atoms with van der Waals surface area (Å²) in [7, 11) is 3.57. The summed E-state index contributed by atoms with van der Waals surface area (Å²) in [5, 5.41) is 7.26. The number of nitrogens with zero attached hydrogens (tertiary/aromatic N) is 3. The molecule has 1 saturated carbocycles. The van der Waals surface area contributed by atoms with E-state index in [9.17, 15) is 4.79 Å². The Balaban J connectivity index is 1.41. The van der Waals surface area contributed by atoms with Gasteiger partial charge < -0.3 is 9.64 Å². The van der Waals surface area contributed by atoms with E-state index in [0.717, 1.165) is 43.9 Å². The third kappa shape index (κ3) is 4.81. The Hall–Kier alpha value is -2.34. The van der Waals surface area contributed by atoms with Crippen LogP contribution in [0.2, 0.25) is 0 Å². The zero-order valence-electron chi connectivity index (χ0n) is 17.6. The molecule has 4 rings (SSSR count). The predicted molar refractivity (Wildman–Crippen MR) is 113 cm³/mol. The van der Waals surface area contributed by atoms with Crippen molar-refractivity contribution in [2.75, 3.05) is 27.2 Å². The van der Waals surface area contributed by atoms with Gasteiger partial charge in [-0.25, -0.2) is 0 Å². The summed E-state index contributed by atoms with van der Waals surface area (Å²) in [5.74, 6) is 1.32. The Labute approximate surface area is 173 Å². The maximum Gasteiger partial charge on any atom is 0.256 e. The number of piperidine rings is 1. The molecule has 2 heterocycles. The van der Waals surface area contributed by atoms with E-state index in [1.807, 2.05) is 0 Å². The monoisotopic (exact) mass is 396 g/mol. The summed E-state index contributed by atoms with van der Waals surface area (Å²) < 4.78 is 6.18. The van der Waals surface area contributed by atoms with E-state index < -0.39 is 0 Å². The highest BCUT2D eigenvalue weighted by Crippen LogP contribution is 2.30. The fourth-order valence-electron chi connectivity index (χ4n) is 4.63. The molecular weight excluding hydrogens is 364 g/mol. The van der Waals surface area contributed by atoms with E-state index in [0.29, 0.717) is 17.6 Å². The third-order valence-corrected chi connectivity index (χ3v) is 6.13. The van der Waals surface area contributed by atoms with Crippen molar-refractivity contribution in [3.05, 3.63) is 47.3 Å². The molecular formula is C23H32N4O2. The van der Waals surface area contributed by atoms with Gasteiger partial charge in [0.1, 0.15) is 5.75 Å². The van der Waals surface area contributed by atoms with Crippen molar-refractivity contribution in [3.63, 3.8) is 0 Å². The Bertz CT molecular complexity index is 826. The first kappa shape index (κ1) is 20.0. The molecule has 0 spiro atoms. The predicted octanol–water partition coefficient (Wildman–Crippen LogP) is 3.81. The lowest BCUT2D eigenvalue weighted by Gasteiger charge is -2.32. The normalized spacial score (nSPS) is 20.7. The van der Waals surface area contributed by atoms with Crippen molar-refractivity contribution in [2.24, 2.45) is 0 Å². The second-order valence-electron chi connectivity index (χ2n) is 8.64. The number of aromatic nitrogens is 2. The number of benzene rings is 1. The number of hydrogen-bond donors (Lipinski definition) is 1. The number of rotatable bonds is 6. The van der Waals surface area contributed by atoms with Gasteiger partial charge >= 0.3 is 0 Å². The summed E-state index contributed by atoms with van der Waals surface area (Å²) in [6.07, 6.45) is 9.18. The van der Waals surface area contributed by atoms with Crippen LogP contribution in [-0.2, 0) is 6.54 Å². The number of H-pyrrole nitrogens is 1. The van der Waals surface area contributed by atoms with Crippen LogP contribution in [0.1, 0.15) is 66.1 Å². The summed E-state index contributed by atoms with van der Waals surface area (Å²) in [5.41, 5.74) is 2.97. The zero-order valence-corrected chi connectivity index (χ0v) is 17.6. The van der Waals surface area contributed by atoms with Gasteiger partial charge in [0.25, 0.3) is 5.91 Å². The fraction of sp³-hybridized carbons (Fsp3) is 0.565. The highest BCUT2D eigenvalue weighted by molar-refractivity contribution is 5.94. The molecule has 0 bridgehead atoms. The van der Waals surface area contributed by atoms with E-state index in [4.69, 9.17) is 4.74 Å². The van der Waals surface area contributed by atoms with Crippen LogP contribution in [0.25, 0.3) is 0 Å². The van der Waals surface area contributed by atoms with Gasteiger partial charge in [0.15, 0.2) is 0 Å². The van der Waals surface area contributed by atoms with Gasteiger partial charge in [-0.05, 0) is 62.8 Å². The minimum absolute atomic E-state index is 0.0163. The number of carbonyl (C=O) groups is 1. The number of nitrogens with one attached hydrogen (secondary N) is 1. The van der Waals surface area contributed by atoms with Crippen LogP contribution in [0.15, 0.2) is 30.5 Å². The van der Waals surface area contributed by atoms with Crippen LogP contribution < -0.4 is 4.74 Å². The average Bonchev–Trinajstić information content (AvgIpc) is 3.40. The number of amides is 1. The molecule has 0 radical (unpaired) electrons. The molecule has 1 aliphatic carbocycles. The molecule has 1 aromatic carbocycles. The van der Waals surface area contributed by atoms with E-state index in [-0.39, 0.29) is 5.91 Å². The minimum atomic E-state index is 0.0163. The van der Waals surface area contributed by atoms with E-state index in [1.165, 1.54) is 31.2 Å². The first-order valence-electron chi connectivity index (χ1n) is 10.8. The van der Waals surface area contributed by atoms with Crippen molar-refractivity contribution < 1.29 is 9.53 Å². The van der Waals surface area contributed by atoms with Crippen LogP contribution in [-0.4, -0.2) is 59.2 Å². The molecule has 6 nitrogen and oxygen atoms in total. The molecule has 0 unspecified atom stereocenters. The minimum Gasteiger partial charge on any atom is -0.490 e. The maximum absolute atomic E-state index is 12.5. The van der Waals surface area contributed by atoms with Crippen molar-refractivity contribution in [1.82, 2.24) is 20.0 Å². The molecule has 1 amide bonds. The summed E-state index contributed by atoms with van der Waals surface area (Å²) in [6.45, 7) is 2.92. The quantitative estimate of drug-likeness (QED) is 0.806. The zero-order chi connectivity index (χ0) is 20.2. The highest BCUT2D eigenvalue weighted by Gasteiger charge is 2.27. The van der Waals surface area contributed by atoms with Crippen molar-refractivity contribution >= 4 is 5.91 Å². The molecule has 156 valence electrons. The number of hydrogen-bond acceptors (Lipinski definition) is 4. The second kappa shape index (κ2) is 8.99. The molecule has 29 heavy (non-hydrogen) atoms. The van der Waals surface area contributed by atoms with Gasteiger partial charge in [0, 0.05) is 33.1 Å². The molecule has 1 N–H and O–H groups in total. The number of aromatic amines is 1. The van der Waals surface area contributed by atoms with Crippen molar-refractivity contribution in [2.45, 2.75) is 57.1 Å². The van der Waals surface area contributed by atoms with Gasteiger partial charge in [0.2, 0.25) is 0 Å². The van der Waals surface area contributed by atoms with Gasteiger partial charge in [-0.2, -0.15) is 5.10 Å². The highest BCUT2D eigenvalue weighted by atomic mass is 16.5. The lowest BCUT2D eigenvalue weighted by Crippen LogP contribution is -2.35. The number of ether oxygens (including phenoxy) is 1. The van der Waals surface area contributed by atoms with Gasteiger partial charge in [-0.15, -0.1) is 0 Å². The standard InChI is InChI=1S/C23H32N4O2/c1-26(2)23(28)21-14-24-25-22(21)18-8-6-12-27(16-18)15-17-7-5-11-20(13-17)29-19-9-3-4-10-19/h5,7,11,13-14,18-19H,3-4,6,8-10,12,15-16H2,1-2H3,(H,24,25)/t18-/m0/s1. The Morgan fingerprint density at radius 3 is 2.86 bits per heavy atom. The van der Waals surface area contributed by atoms with Gasteiger partial charge in [0.05, 0.1) is 23.6 Å². The van der Waals surface area contributed by atoms with Crippen LogP contribution in [0, 0.1) is 0 Å². The summed E-state index contributed by atoms with van der Waals surface area (Å²) >= 11 is 0. The Kier molecular flexibility index (Phi) is 6.19. The van der Waals surface area contributed by atoms with E-state index in [2.05, 4.69) is 39.4 Å². The summed E-state index contributed by atoms with van der Waals surface area (Å²) in [6, 6.07) is 8.55. The smallest absolute Gasteiger partial charge is 0.256 e. The number of carbonyl (C=O) groups excluding carboxylic acids is 1. The SMILES string of the molecule is CN(C)C(=O)c1cn[nH]c1[C@H]1CCCN(Cc2cccc(OC3CCCC3)c2)C1. The Morgan fingerprint density at radius 2 is 2.07 bits per heavy atom. The molecule has 1 atom stereocenters. The topological polar surface area (TPSA) is 61.5 Å². The van der Waals surface area contributed by atoms with Crippen LogP contribution >= 0.6 is 0 Å². The molecule has 2 aromatic rings. The third-order valence-electron chi connectivity index (χ3n) is 6.13. The molecule has 1 aliphatic heterocycles. The number of likely N-dealkylation sites (tertiary alicyclic amines) is 1. The van der Waals surface area contributed by atoms with E-state index in [1.54, 1.807) is 25.2 Å². The van der Waals surface area contributed by atoms with E-state index >= 15 is 0 Å². The van der Waals surface area contributed by atoms with Crippen LogP contribution in [0.5, 0.6) is 5.75 Å². The maximum atomic E-state index is 12.5. The van der Waals surface area contributed by atoms with Crippen LogP contribution in [0.4, 0.5) is 0 Å². The van der Waals surface area contributed by atoms with Crippen LogP contribution in [0.3, 0.4) is 0 Å². The molecule has 2 fully saturated rings. The molecule has 1 saturated heterocycles. The average molecular weight is 397 g/mol. The first-order chi connectivity index (χ1) is 14.1. The summed E-state index contributed by atoms with van der Waals surface area (Å²) in [4.78, 5) is 16.6. The lowest BCUT2D eigenvalue weighted by atomic mass is 9.92. The molecule has 6 heteroatoms. The van der Waals surface area contributed by atoms with Gasteiger partial charge in [-0.3, -0.25) is 14.8 Å². The lowest BCUT2D eigenvalue weighted by molar-refractivity contribution is 0.0825. The van der Waals surface area contributed by atoms with Crippen molar-refractivity contribution in [3.8, 4) is 5.75 Å². The first-order valence-corrected chi connectivity index (χ1v) is 10.8. The van der Waals surface area contributed by atoms with Crippen molar-refractivity contribution in [1.29, 1.82) is 0 Å². The van der Waals surface area contributed by atoms with Gasteiger partial charge in [-0.1, -0.05) is 12.1 Å². The molecule has 2 aliphatic rings.